The van der Waals surface area contributed by atoms with E-state index < -0.39 is 11.4 Å². The third kappa shape index (κ3) is 3.01. The van der Waals surface area contributed by atoms with E-state index in [-0.39, 0.29) is 5.82 Å². The summed E-state index contributed by atoms with van der Waals surface area (Å²) in [6, 6.07) is 5.25. The number of benzene rings is 1. The minimum absolute atomic E-state index is 0.195. The minimum Gasteiger partial charge on any atom is -0.481 e. The van der Waals surface area contributed by atoms with E-state index in [0.717, 1.165) is 24.9 Å². The van der Waals surface area contributed by atoms with Gasteiger partial charge in [-0.3, -0.25) is 9.69 Å². The van der Waals surface area contributed by atoms with Crippen LogP contribution in [0.2, 0.25) is 0 Å². The summed E-state index contributed by atoms with van der Waals surface area (Å²) in [4.78, 5) is 13.6. The van der Waals surface area contributed by atoms with E-state index in [1.807, 2.05) is 13.0 Å². The molecule has 1 N–H and O–H groups in total. The molecule has 1 unspecified atom stereocenters. The number of carboxylic acids is 1. The van der Waals surface area contributed by atoms with Crippen molar-refractivity contribution in [3.8, 4) is 0 Å². The van der Waals surface area contributed by atoms with E-state index in [4.69, 9.17) is 0 Å². The van der Waals surface area contributed by atoms with Crippen LogP contribution in [-0.4, -0.2) is 29.1 Å². The number of aliphatic carboxylic acids is 1. The number of likely N-dealkylation sites (tertiary alicyclic amines) is 1. The molecule has 0 radical (unpaired) electrons. The standard InChI is InChI=1S/C16H22FNO2/c1-3-16(15(19)20)7-4-8-18(11-16)10-13-6-5-12(2)14(17)9-13/h5-6,9H,3-4,7-8,10-11H2,1-2H3,(H,19,20). The van der Waals surface area contributed by atoms with Crippen molar-refractivity contribution in [1.82, 2.24) is 4.90 Å². The zero-order chi connectivity index (χ0) is 14.8. The number of hydrogen-bond donors (Lipinski definition) is 1. The number of rotatable bonds is 4. The molecule has 110 valence electrons. The molecule has 1 aromatic carbocycles. The highest BCUT2D eigenvalue weighted by molar-refractivity contribution is 5.75. The average Bonchev–Trinajstić information content (AvgIpc) is 2.43. The second kappa shape index (κ2) is 5.92. The molecule has 1 fully saturated rings. The van der Waals surface area contributed by atoms with Crippen LogP contribution in [0.1, 0.15) is 37.3 Å². The third-order valence-electron chi connectivity index (χ3n) is 4.43. The van der Waals surface area contributed by atoms with Crippen LogP contribution in [0.15, 0.2) is 18.2 Å². The monoisotopic (exact) mass is 279 g/mol. The number of aryl methyl sites for hydroxylation is 1. The van der Waals surface area contributed by atoms with Crippen molar-refractivity contribution in [3.05, 3.63) is 35.1 Å². The minimum atomic E-state index is -0.709. The fourth-order valence-electron chi connectivity index (χ4n) is 2.97. The van der Waals surface area contributed by atoms with Crippen LogP contribution in [0.3, 0.4) is 0 Å². The zero-order valence-electron chi connectivity index (χ0n) is 12.2. The van der Waals surface area contributed by atoms with Crippen LogP contribution in [0.25, 0.3) is 0 Å². The van der Waals surface area contributed by atoms with Gasteiger partial charge in [-0.05, 0) is 49.9 Å². The number of nitrogens with zero attached hydrogens (tertiary/aromatic N) is 1. The van der Waals surface area contributed by atoms with Crippen molar-refractivity contribution in [2.45, 2.75) is 39.7 Å². The summed E-state index contributed by atoms with van der Waals surface area (Å²) in [5.74, 6) is -0.903. The van der Waals surface area contributed by atoms with E-state index in [1.54, 1.807) is 19.1 Å². The summed E-state index contributed by atoms with van der Waals surface area (Å²) in [7, 11) is 0. The van der Waals surface area contributed by atoms with Gasteiger partial charge in [0, 0.05) is 13.1 Å². The molecule has 1 aliphatic heterocycles. The molecule has 0 bridgehead atoms. The van der Waals surface area contributed by atoms with Gasteiger partial charge in [0.1, 0.15) is 5.82 Å². The first-order valence-electron chi connectivity index (χ1n) is 7.17. The second-order valence-electron chi connectivity index (χ2n) is 5.84. The molecule has 3 nitrogen and oxygen atoms in total. The van der Waals surface area contributed by atoms with Crippen molar-refractivity contribution >= 4 is 5.97 Å². The highest BCUT2D eigenvalue weighted by atomic mass is 19.1. The Hall–Kier alpha value is -1.42. The predicted molar refractivity (Wildman–Crippen MR) is 76.0 cm³/mol. The summed E-state index contributed by atoms with van der Waals surface area (Å²) in [5.41, 5.74) is 0.910. The van der Waals surface area contributed by atoms with E-state index in [2.05, 4.69) is 4.90 Å². The first kappa shape index (κ1) is 15.0. The van der Waals surface area contributed by atoms with Gasteiger partial charge in [-0.2, -0.15) is 0 Å². The van der Waals surface area contributed by atoms with Gasteiger partial charge >= 0.3 is 5.97 Å². The molecule has 4 heteroatoms. The Morgan fingerprint density at radius 2 is 2.25 bits per heavy atom. The van der Waals surface area contributed by atoms with E-state index in [0.29, 0.717) is 25.1 Å². The van der Waals surface area contributed by atoms with Gasteiger partial charge in [-0.15, -0.1) is 0 Å². The smallest absolute Gasteiger partial charge is 0.310 e. The lowest BCUT2D eigenvalue weighted by Gasteiger charge is -2.39. The number of halogens is 1. The largest absolute Gasteiger partial charge is 0.481 e. The molecule has 0 aromatic heterocycles. The van der Waals surface area contributed by atoms with Crippen LogP contribution in [0.4, 0.5) is 4.39 Å². The second-order valence-corrected chi connectivity index (χ2v) is 5.84. The van der Waals surface area contributed by atoms with Crippen LogP contribution >= 0.6 is 0 Å². The Balaban J connectivity index is 2.09. The molecular formula is C16H22FNO2. The Bertz CT molecular complexity index is 503. The molecule has 1 saturated heterocycles. The Morgan fingerprint density at radius 1 is 1.50 bits per heavy atom. The molecule has 1 atom stereocenters. The lowest BCUT2D eigenvalue weighted by atomic mass is 9.77. The Labute approximate surface area is 119 Å². The van der Waals surface area contributed by atoms with Gasteiger partial charge in [0.25, 0.3) is 0 Å². The average molecular weight is 279 g/mol. The normalized spacial score (nSPS) is 23.8. The molecule has 0 saturated carbocycles. The van der Waals surface area contributed by atoms with Crippen LogP contribution in [0, 0.1) is 18.2 Å². The van der Waals surface area contributed by atoms with Gasteiger partial charge in [0.2, 0.25) is 0 Å². The summed E-state index contributed by atoms with van der Waals surface area (Å²) in [5, 5.41) is 9.47. The van der Waals surface area contributed by atoms with Crippen molar-refractivity contribution < 1.29 is 14.3 Å². The Kier molecular flexibility index (Phi) is 4.43. The Morgan fingerprint density at radius 3 is 2.85 bits per heavy atom. The van der Waals surface area contributed by atoms with Gasteiger partial charge in [-0.25, -0.2) is 4.39 Å². The van der Waals surface area contributed by atoms with E-state index in [1.165, 1.54) is 0 Å². The molecule has 0 amide bonds. The fourth-order valence-corrected chi connectivity index (χ4v) is 2.97. The number of carboxylic acid groups (broad SMARTS) is 1. The van der Waals surface area contributed by atoms with Gasteiger partial charge in [0.05, 0.1) is 5.41 Å². The lowest BCUT2D eigenvalue weighted by molar-refractivity contribution is -0.153. The summed E-state index contributed by atoms with van der Waals surface area (Å²) in [6.45, 7) is 5.72. The molecule has 1 heterocycles. The maximum Gasteiger partial charge on any atom is 0.310 e. The van der Waals surface area contributed by atoms with Gasteiger partial charge in [0.15, 0.2) is 0 Å². The van der Waals surface area contributed by atoms with Crippen molar-refractivity contribution in [1.29, 1.82) is 0 Å². The van der Waals surface area contributed by atoms with Crippen molar-refractivity contribution in [3.63, 3.8) is 0 Å². The topological polar surface area (TPSA) is 40.5 Å². The lowest BCUT2D eigenvalue weighted by Crippen LogP contribution is -2.47. The quantitative estimate of drug-likeness (QED) is 0.920. The van der Waals surface area contributed by atoms with E-state index in [9.17, 15) is 14.3 Å². The van der Waals surface area contributed by atoms with Crippen molar-refractivity contribution in [2.24, 2.45) is 5.41 Å². The van der Waals surface area contributed by atoms with Crippen LogP contribution in [0.5, 0.6) is 0 Å². The van der Waals surface area contributed by atoms with Crippen LogP contribution < -0.4 is 0 Å². The molecule has 1 aromatic rings. The SMILES string of the molecule is CCC1(C(=O)O)CCCN(Cc2ccc(C)c(F)c2)C1. The zero-order valence-corrected chi connectivity index (χ0v) is 12.2. The van der Waals surface area contributed by atoms with Gasteiger partial charge in [-0.1, -0.05) is 19.1 Å². The molecule has 2 rings (SSSR count). The predicted octanol–water partition coefficient (Wildman–Crippen LogP) is 3.21. The third-order valence-corrected chi connectivity index (χ3v) is 4.43. The summed E-state index contributed by atoms with van der Waals surface area (Å²) >= 11 is 0. The molecule has 20 heavy (non-hydrogen) atoms. The summed E-state index contributed by atoms with van der Waals surface area (Å²) < 4.78 is 13.6. The van der Waals surface area contributed by atoms with E-state index >= 15 is 0 Å². The maximum absolute atomic E-state index is 13.6. The number of piperidine rings is 1. The summed E-state index contributed by atoms with van der Waals surface area (Å²) in [6.07, 6.45) is 2.26. The highest BCUT2D eigenvalue weighted by Crippen LogP contribution is 2.34. The number of hydrogen-bond acceptors (Lipinski definition) is 2. The molecule has 0 aliphatic carbocycles. The first-order valence-corrected chi connectivity index (χ1v) is 7.17. The molecule has 1 aliphatic rings. The van der Waals surface area contributed by atoms with Crippen LogP contribution in [-0.2, 0) is 11.3 Å². The fraction of sp³-hybridized carbons (Fsp3) is 0.562. The molecular weight excluding hydrogens is 257 g/mol. The highest BCUT2D eigenvalue weighted by Gasteiger charge is 2.40. The first-order chi connectivity index (χ1) is 9.47. The number of carbonyl (C=O) groups is 1. The van der Waals surface area contributed by atoms with Gasteiger partial charge < -0.3 is 5.11 Å². The maximum atomic E-state index is 13.6. The van der Waals surface area contributed by atoms with Crippen molar-refractivity contribution in [2.75, 3.05) is 13.1 Å². The molecule has 0 spiro atoms.